The van der Waals surface area contributed by atoms with Gasteiger partial charge in [0.1, 0.15) is 6.33 Å². The summed E-state index contributed by atoms with van der Waals surface area (Å²) < 4.78 is 0. The minimum atomic E-state index is 0.977. The van der Waals surface area contributed by atoms with Crippen LogP contribution < -0.4 is 0 Å². The summed E-state index contributed by atoms with van der Waals surface area (Å²) in [6, 6.07) is 22.8. The lowest BCUT2D eigenvalue weighted by Crippen LogP contribution is -1.89. The van der Waals surface area contributed by atoms with Gasteiger partial charge in [-0.25, -0.2) is 9.97 Å². The lowest BCUT2D eigenvalue weighted by atomic mass is 9.99. The quantitative estimate of drug-likeness (QED) is 0.503. The smallest absolute Gasteiger partial charge is 0.116 e. The molecule has 1 aromatic heterocycles. The predicted molar refractivity (Wildman–Crippen MR) is 82.5 cm³/mol. The van der Waals surface area contributed by atoms with Crippen LogP contribution in [0.25, 0.3) is 32.9 Å². The zero-order valence-electron chi connectivity index (χ0n) is 10.8. The van der Waals surface area contributed by atoms with E-state index in [1.54, 1.807) is 6.33 Å². The molecule has 4 rings (SSSR count). The number of nitrogens with zero attached hydrogens (tertiary/aromatic N) is 2. The van der Waals surface area contributed by atoms with Gasteiger partial charge in [-0.3, -0.25) is 0 Å². The maximum absolute atomic E-state index is 4.52. The van der Waals surface area contributed by atoms with Crippen molar-refractivity contribution in [1.82, 2.24) is 9.97 Å². The highest BCUT2D eigenvalue weighted by molar-refractivity contribution is 6.02. The number of aromatic nitrogens is 2. The van der Waals surface area contributed by atoms with E-state index >= 15 is 0 Å². The molecule has 1 heterocycles. The lowest BCUT2D eigenvalue weighted by molar-refractivity contribution is 1.23. The molecule has 0 fully saturated rings. The van der Waals surface area contributed by atoms with Gasteiger partial charge in [0.15, 0.2) is 0 Å². The fraction of sp³-hybridized carbons (Fsp3) is 0. The Bertz CT molecular complexity index is 825. The molecule has 0 atom stereocenters. The van der Waals surface area contributed by atoms with Gasteiger partial charge in [-0.05, 0) is 16.8 Å². The van der Waals surface area contributed by atoms with Crippen molar-refractivity contribution in [1.29, 1.82) is 0 Å². The van der Waals surface area contributed by atoms with Crippen molar-refractivity contribution in [2.45, 2.75) is 0 Å². The molecule has 0 aliphatic rings. The Morgan fingerprint density at radius 1 is 0.600 bits per heavy atom. The zero-order chi connectivity index (χ0) is 13.4. The molecule has 0 amide bonds. The number of fused-ring (bicyclic) bond motifs is 2. The maximum atomic E-state index is 4.52. The van der Waals surface area contributed by atoms with Crippen molar-refractivity contribution < 1.29 is 0 Å². The third-order valence-electron chi connectivity index (χ3n) is 3.59. The predicted octanol–water partition coefficient (Wildman–Crippen LogP) is 4.45. The Balaban J connectivity index is 2.12. The Kier molecular flexibility index (Phi) is 2.46. The average molecular weight is 256 g/mol. The van der Waals surface area contributed by atoms with Crippen LogP contribution >= 0.6 is 0 Å². The van der Waals surface area contributed by atoms with E-state index in [4.69, 9.17) is 0 Å². The summed E-state index contributed by atoms with van der Waals surface area (Å²) in [5.74, 6) is 0. The van der Waals surface area contributed by atoms with Crippen LogP contribution in [0, 0.1) is 0 Å². The van der Waals surface area contributed by atoms with Crippen molar-refractivity contribution in [2.75, 3.05) is 0 Å². The van der Waals surface area contributed by atoms with E-state index in [1.165, 1.54) is 10.8 Å². The molecule has 0 unspecified atom stereocenters. The highest BCUT2D eigenvalue weighted by Gasteiger charge is 2.08. The van der Waals surface area contributed by atoms with E-state index in [2.05, 4.69) is 58.5 Å². The standard InChI is InChI=1S/C18H12N2/c1-2-8-14-13(6-1)7-5-10-15(14)18-16-9-3-4-11-17(16)19-12-20-18/h1-12H. The van der Waals surface area contributed by atoms with Crippen molar-refractivity contribution >= 4 is 21.7 Å². The van der Waals surface area contributed by atoms with E-state index in [0.717, 1.165) is 22.2 Å². The van der Waals surface area contributed by atoms with Gasteiger partial charge in [-0.1, -0.05) is 60.7 Å². The molecule has 2 heteroatoms. The average Bonchev–Trinajstić information content (AvgIpc) is 2.54. The molecular formula is C18H12N2. The van der Waals surface area contributed by atoms with Crippen molar-refractivity contribution in [3.63, 3.8) is 0 Å². The van der Waals surface area contributed by atoms with E-state index in [-0.39, 0.29) is 0 Å². The molecule has 0 saturated heterocycles. The van der Waals surface area contributed by atoms with Crippen LogP contribution in [0.4, 0.5) is 0 Å². The van der Waals surface area contributed by atoms with Gasteiger partial charge in [0.2, 0.25) is 0 Å². The molecule has 0 aliphatic heterocycles. The Morgan fingerprint density at radius 2 is 1.35 bits per heavy atom. The normalized spacial score (nSPS) is 11.0. The molecule has 0 N–H and O–H groups in total. The van der Waals surface area contributed by atoms with Gasteiger partial charge in [0.05, 0.1) is 11.2 Å². The first-order valence-electron chi connectivity index (χ1n) is 6.61. The van der Waals surface area contributed by atoms with Gasteiger partial charge >= 0.3 is 0 Å². The topological polar surface area (TPSA) is 25.8 Å². The van der Waals surface area contributed by atoms with E-state index in [9.17, 15) is 0 Å². The minimum Gasteiger partial charge on any atom is -0.236 e. The molecule has 20 heavy (non-hydrogen) atoms. The maximum Gasteiger partial charge on any atom is 0.116 e. The van der Waals surface area contributed by atoms with Gasteiger partial charge < -0.3 is 0 Å². The van der Waals surface area contributed by atoms with Crippen LogP contribution in [-0.4, -0.2) is 9.97 Å². The van der Waals surface area contributed by atoms with Crippen molar-refractivity contribution in [2.24, 2.45) is 0 Å². The summed E-state index contributed by atoms with van der Waals surface area (Å²) in [6.07, 6.45) is 1.64. The van der Waals surface area contributed by atoms with E-state index in [0.29, 0.717) is 0 Å². The number of hydrogen-bond donors (Lipinski definition) is 0. The summed E-state index contributed by atoms with van der Waals surface area (Å²) in [5.41, 5.74) is 3.12. The first-order valence-corrected chi connectivity index (χ1v) is 6.61. The van der Waals surface area contributed by atoms with E-state index < -0.39 is 0 Å². The number of para-hydroxylation sites is 1. The van der Waals surface area contributed by atoms with Crippen molar-refractivity contribution in [3.8, 4) is 11.3 Å². The summed E-state index contributed by atoms with van der Waals surface area (Å²) in [7, 11) is 0. The Labute approximate surface area is 116 Å². The molecule has 2 nitrogen and oxygen atoms in total. The molecule has 0 aliphatic carbocycles. The van der Waals surface area contributed by atoms with Gasteiger partial charge in [0.25, 0.3) is 0 Å². The van der Waals surface area contributed by atoms with E-state index in [1.807, 2.05) is 18.2 Å². The van der Waals surface area contributed by atoms with Crippen LogP contribution in [0.3, 0.4) is 0 Å². The first kappa shape index (κ1) is 11.1. The summed E-state index contributed by atoms with van der Waals surface area (Å²) in [4.78, 5) is 8.85. The number of benzene rings is 3. The van der Waals surface area contributed by atoms with Crippen LogP contribution in [0.5, 0.6) is 0 Å². The molecule has 0 radical (unpaired) electrons. The van der Waals surface area contributed by atoms with Gasteiger partial charge in [-0.15, -0.1) is 0 Å². The minimum absolute atomic E-state index is 0.977. The summed E-state index contributed by atoms with van der Waals surface area (Å²) in [5, 5.41) is 3.54. The molecule has 0 spiro atoms. The SMILES string of the molecule is c1ccc2c(-c3ncnc4ccccc34)cccc2c1. The second-order valence-corrected chi connectivity index (χ2v) is 4.77. The monoisotopic (exact) mass is 256 g/mol. The van der Waals surface area contributed by atoms with Crippen LogP contribution in [0.2, 0.25) is 0 Å². The largest absolute Gasteiger partial charge is 0.236 e. The number of hydrogen-bond acceptors (Lipinski definition) is 2. The molecule has 3 aromatic carbocycles. The molecule has 0 bridgehead atoms. The Hall–Kier alpha value is -2.74. The summed E-state index contributed by atoms with van der Waals surface area (Å²) in [6.45, 7) is 0. The van der Waals surface area contributed by atoms with Crippen LogP contribution in [0.15, 0.2) is 73.1 Å². The molecule has 94 valence electrons. The highest BCUT2D eigenvalue weighted by Crippen LogP contribution is 2.31. The van der Waals surface area contributed by atoms with Crippen LogP contribution in [-0.2, 0) is 0 Å². The second-order valence-electron chi connectivity index (χ2n) is 4.77. The van der Waals surface area contributed by atoms with Crippen molar-refractivity contribution in [3.05, 3.63) is 73.1 Å². The van der Waals surface area contributed by atoms with Gasteiger partial charge in [-0.2, -0.15) is 0 Å². The fourth-order valence-corrected chi connectivity index (χ4v) is 2.65. The molecule has 4 aromatic rings. The second kappa shape index (κ2) is 4.42. The molecule has 0 saturated carbocycles. The lowest BCUT2D eigenvalue weighted by Gasteiger charge is -2.08. The fourth-order valence-electron chi connectivity index (χ4n) is 2.65. The highest BCUT2D eigenvalue weighted by atomic mass is 14.8. The third-order valence-corrected chi connectivity index (χ3v) is 3.59. The zero-order valence-corrected chi connectivity index (χ0v) is 10.8. The summed E-state index contributed by atoms with van der Waals surface area (Å²) >= 11 is 0. The molecular weight excluding hydrogens is 244 g/mol. The third kappa shape index (κ3) is 1.66. The van der Waals surface area contributed by atoms with Crippen LogP contribution in [0.1, 0.15) is 0 Å². The number of rotatable bonds is 1. The Morgan fingerprint density at radius 3 is 2.30 bits per heavy atom. The van der Waals surface area contributed by atoms with Gasteiger partial charge in [0, 0.05) is 10.9 Å². The first-order chi connectivity index (χ1) is 9.93.